The van der Waals surface area contributed by atoms with Crippen LogP contribution in [0.2, 0.25) is 0 Å². The molecular weight excluding hydrogens is 304 g/mol. The summed E-state index contributed by atoms with van der Waals surface area (Å²) in [4.78, 5) is 11.9. The third-order valence-corrected chi connectivity index (χ3v) is 4.51. The van der Waals surface area contributed by atoms with Gasteiger partial charge in [-0.15, -0.1) is 0 Å². The number of amides is 1. The van der Waals surface area contributed by atoms with Gasteiger partial charge in [0.15, 0.2) is 9.84 Å². The molecule has 0 bridgehead atoms. The minimum Gasteiger partial charge on any atom is -0.361 e. The highest BCUT2D eigenvalue weighted by Gasteiger charge is 2.20. The van der Waals surface area contributed by atoms with Crippen LogP contribution in [0.4, 0.5) is 0 Å². The van der Waals surface area contributed by atoms with Crippen molar-refractivity contribution < 1.29 is 17.7 Å². The molecule has 2 rings (SSSR count). The Morgan fingerprint density at radius 3 is 2.59 bits per heavy atom. The number of aryl methyl sites for hydroxylation is 1. The maximum absolute atomic E-state index is 12.0. The van der Waals surface area contributed by atoms with E-state index in [9.17, 15) is 13.2 Å². The van der Waals surface area contributed by atoms with E-state index < -0.39 is 21.5 Å². The molecule has 0 fully saturated rings. The molecular formula is C15H18N2O4S. The largest absolute Gasteiger partial charge is 0.361 e. The van der Waals surface area contributed by atoms with Crippen LogP contribution in [0.3, 0.4) is 0 Å². The summed E-state index contributed by atoms with van der Waals surface area (Å²) in [5, 5.41) is 6.31. The Morgan fingerprint density at radius 1 is 1.32 bits per heavy atom. The second-order valence-corrected chi connectivity index (χ2v) is 7.23. The van der Waals surface area contributed by atoms with Crippen LogP contribution in [0.25, 0.3) is 0 Å². The van der Waals surface area contributed by atoms with Crippen LogP contribution in [0.15, 0.2) is 40.9 Å². The Kier molecular flexibility index (Phi) is 4.97. The Morgan fingerprint density at radius 2 is 2.00 bits per heavy atom. The molecule has 1 amide bonds. The quantitative estimate of drug-likeness (QED) is 0.875. The van der Waals surface area contributed by atoms with E-state index in [4.69, 9.17) is 4.52 Å². The highest BCUT2D eigenvalue weighted by Crippen LogP contribution is 2.12. The van der Waals surface area contributed by atoms with Crippen molar-refractivity contribution in [2.45, 2.75) is 25.6 Å². The van der Waals surface area contributed by atoms with Gasteiger partial charge in [0.25, 0.3) is 0 Å². The number of rotatable bonds is 6. The lowest BCUT2D eigenvalue weighted by atomic mass is 10.1. The van der Waals surface area contributed by atoms with Crippen molar-refractivity contribution in [2.75, 3.05) is 5.75 Å². The van der Waals surface area contributed by atoms with Crippen LogP contribution in [0.1, 0.15) is 30.0 Å². The summed E-state index contributed by atoms with van der Waals surface area (Å²) in [6.07, 6.45) is 0. The lowest BCUT2D eigenvalue weighted by Gasteiger charge is -2.14. The molecule has 1 heterocycles. The van der Waals surface area contributed by atoms with Gasteiger partial charge in [-0.25, -0.2) is 8.42 Å². The molecule has 22 heavy (non-hydrogen) atoms. The topological polar surface area (TPSA) is 89.3 Å². The molecule has 0 saturated heterocycles. The van der Waals surface area contributed by atoms with Gasteiger partial charge in [-0.2, -0.15) is 0 Å². The highest BCUT2D eigenvalue weighted by molar-refractivity contribution is 7.91. The zero-order valence-corrected chi connectivity index (χ0v) is 13.3. The molecule has 0 aliphatic carbocycles. The molecule has 6 nitrogen and oxygen atoms in total. The summed E-state index contributed by atoms with van der Waals surface area (Å²) in [5.74, 6) is -0.878. The van der Waals surface area contributed by atoms with Crippen molar-refractivity contribution in [1.82, 2.24) is 10.5 Å². The SMILES string of the molecule is Cc1cc(CS(=O)(=O)CC(=O)N[C@H](C)c2ccccc2)no1. The Balaban J connectivity index is 1.93. The predicted octanol–water partition coefficient (Wildman–Crippen LogP) is 1.78. The van der Waals surface area contributed by atoms with Crippen molar-refractivity contribution in [3.8, 4) is 0 Å². The van der Waals surface area contributed by atoms with Crippen molar-refractivity contribution in [3.63, 3.8) is 0 Å². The van der Waals surface area contributed by atoms with Gasteiger partial charge in [-0.1, -0.05) is 35.5 Å². The second-order valence-electron chi connectivity index (χ2n) is 5.16. The molecule has 0 aliphatic heterocycles. The van der Waals surface area contributed by atoms with E-state index in [1.54, 1.807) is 19.9 Å². The molecule has 2 aromatic rings. The standard InChI is InChI=1S/C15H18N2O4S/c1-11-8-14(17-21-11)9-22(19,20)10-15(18)16-12(2)13-6-4-3-5-7-13/h3-8,12H,9-10H2,1-2H3,(H,16,18)/t12-/m1/s1. The van der Waals surface area contributed by atoms with Gasteiger partial charge < -0.3 is 9.84 Å². The van der Waals surface area contributed by atoms with Gasteiger partial charge in [-0.05, 0) is 19.4 Å². The molecule has 0 saturated carbocycles. The summed E-state index contributed by atoms with van der Waals surface area (Å²) in [6.45, 7) is 3.48. The molecule has 1 N–H and O–H groups in total. The molecule has 0 spiro atoms. The summed E-state index contributed by atoms with van der Waals surface area (Å²) in [6, 6.07) is 10.6. The van der Waals surface area contributed by atoms with Crippen LogP contribution in [0.5, 0.6) is 0 Å². The summed E-state index contributed by atoms with van der Waals surface area (Å²) in [5.41, 5.74) is 1.22. The van der Waals surface area contributed by atoms with E-state index in [2.05, 4.69) is 10.5 Å². The molecule has 0 radical (unpaired) electrons. The third kappa shape index (κ3) is 4.70. The van der Waals surface area contributed by atoms with Crippen LogP contribution in [-0.2, 0) is 20.4 Å². The van der Waals surface area contributed by atoms with Crippen molar-refractivity contribution in [3.05, 3.63) is 53.4 Å². The lowest BCUT2D eigenvalue weighted by molar-refractivity contribution is -0.119. The van der Waals surface area contributed by atoms with Crippen molar-refractivity contribution in [1.29, 1.82) is 0 Å². The van der Waals surface area contributed by atoms with Gasteiger partial charge in [0.05, 0.1) is 17.5 Å². The molecule has 0 aliphatic rings. The fraction of sp³-hybridized carbons (Fsp3) is 0.333. The number of carbonyl (C=O) groups excluding carboxylic acids is 1. The number of nitrogens with one attached hydrogen (secondary N) is 1. The number of sulfone groups is 1. The smallest absolute Gasteiger partial charge is 0.235 e. The van der Waals surface area contributed by atoms with Crippen LogP contribution in [-0.4, -0.2) is 25.2 Å². The summed E-state index contributed by atoms with van der Waals surface area (Å²) < 4.78 is 28.8. The van der Waals surface area contributed by atoms with Gasteiger partial charge in [0.1, 0.15) is 11.5 Å². The maximum atomic E-state index is 12.0. The van der Waals surface area contributed by atoms with E-state index in [1.807, 2.05) is 30.3 Å². The first-order valence-electron chi connectivity index (χ1n) is 6.82. The number of hydrogen-bond donors (Lipinski definition) is 1. The first-order valence-corrected chi connectivity index (χ1v) is 8.65. The lowest BCUT2D eigenvalue weighted by Crippen LogP contribution is -2.32. The van der Waals surface area contributed by atoms with Gasteiger partial charge in [0, 0.05) is 6.07 Å². The number of hydrogen-bond acceptors (Lipinski definition) is 5. The normalized spacial score (nSPS) is 12.8. The fourth-order valence-electron chi connectivity index (χ4n) is 2.07. The highest BCUT2D eigenvalue weighted by atomic mass is 32.2. The van der Waals surface area contributed by atoms with Crippen molar-refractivity contribution in [2.24, 2.45) is 0 Å². The molecule has 1 aromatic heterocycles. The third-order valence-electron chi connectivity index (χ3n) is 3.07. The first kappa shape index (κ1) is 16.2. The fourth-order valence-corrected chi connectivity index (χ4v) is 3.24. The summed E-state index contributed by atoms with van der Waals surface area (Å²) in [7, 11) is -3.58. The Hall–Kier alpha value is -2.15. The first-order chi connectivity index (χ1) is 10.4. The number of carbonyl (C=O) groups is 1. The average molecular weight is 322 g/mol. The predicted molar refractivity (Wildman–Crippen MR) is 81.7 cm³/mol. The zero-order chi connectivity index (χ0) is 16.2. The zero-order valence-electron chi connectivity index (χ0n) is 12.4. The van der Waals surface area contributed by atoms with Gasteiger partial charge in [0.2, 0.25) is 5.91 Å². The Labute approximate surface area is 129 Å². The monoisotopic (exact) mass is 322 g/mol. The van der Waals surface area contributed by atoms with Crippen LogP contribution >= 0.6 is 0 Å². The van der Waals surface area contributed by atoms with Crippen LogP contribution < -0.4 is 5.32 Å². The van der Waals surface area contributed by atoms with Gasteiger partial charge >= 0.3 is 0 Å². The van der Waals surface area contributed by atoms with E-state index in [1.165, 1.54) is 0 Å². The van der Waals surface area contributed by atoms with Gasteiger partial charge in [-0.3, -0.25) is 4.79 Å². The summed E-state index contributed by atoms with van der Waals surface area (Å²) >= 11 is 0. The molecule has 118 valence electrons. The number of benzene rings is 1. The second kappa shape index (κ2) is 6.74. The van der Waals surface area contributed by atoms with Crippen molar-refractivity contribution >= 4 is 15.7 Å². The molecule has 1 aromatic carbocycles. The number of aromatic nitrogens is 1. The molecule has 1 atom stereocenters. The van der Waals surface area contributed by atoms with E-state index >= 15 is 0 Å². The minimum atomic E-state index is -3.58. The Bertz CT molecular complexity index is 738. The maximum Gasteiger partial charge on any atom is 0.235 e. The van der Waals surface area contributed by atoms with E-state index in [0.29, 0.717) is 11.5 Å². The van der Waals surface area contributed by atoms with E-state index in [0.717, 1.165) is 5.56 Å². The number of nitrogens with zero attached hydrogens (tertiary/aromatic N) is 1. The van der Waals surface area contributed by atoms with E-state index in [-0.39, 0.29) is 11.8 Å². The average Bonchev–Trinajstić information content (AvgIpc) is 2.83. The molecule has 7 heteroatoms. The molecule has 0 unspecified atom stereocenters. The minimum absolute atomic E-state index is 0.252. The van der Waals surface area contributed by atoms with Crippen LogP contribution in [0, 0.1) is 6.92 Å².